The summed E-state index contributed by atoms with van der Waals surface area (Å²) < 4.78 is 37.3. The minimum Gasteiger partial charge on any atom is -0.480 e. The number of nitrogens with one attached hydrogen (secondary N) is 3. The zero-order valence-corrected chi connectivity index (χ0v) is 21.9. The number of nitrogens with zero attached hydrogens (tertiary/aromatic N) is 1. The number of hydrogen-bond acceptors (Lipinski definition) is 6. The van der Waals surface area contributed by atoms with Crippen molar-refractivity contribution in [2.75, 3.05) is 6.61 Å². The summed E-state index contributed by atoms with van der Waals surface area (Å²) >= 11 is 0. The van der Waals surface area contributed by atoms with Gasteiger partial charge in [0.25, 0.3) is 0 Å². The van der Waals surface area contributed by atoms with E-state index >= 15 is 0 Å². The van der Waals surface area contributed by atoms with Gasteiger partial charge in [0.2, 0.25) is 5.91 Å². The van der Waals surface area contributed by atoms with Crippen LogP contribution in [0.1, 0.15) is 36.6 Å². The van der Waals surface area contributed by atoms with Crippen LogP contribution in [-0.4, -0.2) is 68.5 Å². The molecule has 3 aromatic rings. The molecule has 41 heavy (non-hydrogen) atoms. The fourth-order valence-electron chi connectivity index (χ4n) is 4.06. The van der Waals surface area contributed by atoms with Crippen molar-refractivity contribution < 1.29 is 47.3 Å². The van der Waals surface area contributed by atoms with Gasteiger partial charge >= 0.3 is 24.2 Å². The number of amides is 2. The van der Waals surface area contributed by atoms with Gasteiger partial charge in [0.1, 0.15) is 18.2 Å². The van der Waals surface area contributed by atoms with Crippen LogP contribution in [0.2, 0.25) is 0 Å². The first kappa shape index (κ1) is 30.7. The van der Waals surface area contributed by atoms with Crippen LogP contribution in [0.25, 0.3) is 11.1 Å². The second-order valence-electron chi connectivity index (χ2n) is 9.53. The predicted molar refractivity (Wildman–Crippen MR) is 138 cm³/mol. The Morgan fingerprint density at radius 2 is 1.51 bits per heavy atom. The molecule has 1 aromatic heterocycles. The lowest BCUT2D eigenvalue weighted by Gasteiger charge is -2.25. The van der Waals surface area contributed by atoms with Crippen molar-refractivity contribution in [3.05, 3.63) is 77.9 Å². The van der Waals surface area contributed by atoms with Gasteiger partial charge in [0.15, 0.2) is 0 Å². The number of carboxylic acid groups (broad SMARTS) is 2. The van der Waals surface area contributed by atoms with Gasteiger partial charge in [0, 0.05) is 24.2 Å². The number of aromatic nitrogens is 2. The average Bonchev–Trinajstić information content (AvgIpc) is 3.52. The van der Waals surface area contributed by atoms with Crippen molar-refractivity contribution in [1.29, 1.82) is 0 Å². The van der Waals surface area contributed by atoms with Crippen LogP contribution in [0.4, 0.5) is 18.0 Å². The molecule has 11 nitrogen and oxygen atoms in total. The molecule has 1 aliphatic rings. The van der Waals surface area contributed by atoms with E-state index < -0.39 is 41.7 Å². The number of aliphatic carboxylic acids is 2. The smallest absolute Gasteiger partial charge is 0.480 e. The van der Waals surface area contributed by atoms with Crippen molar-refractivity contribution in [1.82, 2.24) is 20.6 Å². The molecule has 4 rings (SSSR count). The van der Waals surface area contributed by atoms with Crippen LogP contribution in [-0.2, 0) is 25.5 Å². The molecule has 1 atom stereocenters. The summed E-state index contributed by atoms with van der Waals surface area (Å²) in [7, 11) is 0. The minimum absolute atomic E-state index is 0.0890. The van der Waals surface area contributed by atoms with Crippen LogP contribution in [0.15, 0.2) is 61.1 Å². The fourth-order valence-corrected chi connectivity index (χ4v) is 4.06. The molecule has 0 aliphatic heterocycles. The van der Waals surface area contributed by atoms with E-state index in [-0.39, 0.29) is 18.9 Å². The fraction of sp³-hybridized carbons (Fsp3) is 0.296. The summed E-state index contributed by atoms with van der Waals surface area (Å²) in [6.07, 6.45) is -2.78. The topological polar surface area (TPSA) is 171 Å². The van der Waals surface area contributed by atoms with Crippen LogP contribution in [0, 0.1) is 0 Å². The number of H-pyrrole nitrogens is 1. The largest absolute Gasteiger partial charge is 0.490 e. The van der Waals surface area contributed by atoms with Crippen LogP contribution in [0.5, 0.6) is 0 Å². The lowest BCUT2D eigenvalue weighted by atomic mass is 9.98. The van der Waals surface area contributed by atoms with Crippen molar-refractivity contribution in [3.63, 3.8) is 0 Å². The third-order valence-corrected chi connectivity index (χ3v) is 6.14. The minimum atomic E-state index is -5.08. The van der Waals surface area contributed by atoms with E-state index in [4.69, 9.17) is 14.6 Å². The van der Waals surface area contributed by atoms with Crippen molar-refractivity contribution >= 4 is 23.9 Å². The normalized spacial score (nSPS) is 13.1. The zero-order valence-electron chi connectivity index (χ0n) is 21.9. The van der Waals surface area contributed by atoms with E-state index in [0.717, 1.165) is 22.3 Å². The number of halogens is 3. The number of aromatic amines is 1. The predicted octanol–water partition coefficient (Wildman–Crippen LogP) is 3.47. The van der Waals surface area contributed by atoms with E-state index in [2.05, 4.69) is 20.6 Å². The van der Waals surface area contributed by atoms with E-state index in [1.54, 1.807) is 0 Å². The third-order valence-electron chi connectivity index (χ3n) is 6.14. The number of ether oxygens (including phenoxy) is 1. The molecule has 1 aliphatic carbocycles. The highest BCUT2D eigenvalue weighted by atomic mass is 19.4. The number of rotatable bonds is 8. The van der Waals surface area contributed by atoms with E-state index in [1.165, 1.54) is 26.4 Å². The Morgan fingerprint density at radius 3 is 1.98 bits per heavy atom. The maximum Gasteiger partial charge on any atom is 0.490 e. The first-order chi connectivity index (χ1) is 19.2. The molecule has 2 aromatic carbocycles. The van der Waals surface area contributed by atoms with Crippen LogP contribution < -0.4 is 10.6 Å². The first-order valence-corrected chi connectivity index (χ1v) is 12.1. The summed E-state index contributed by atoms with van der Waals surface area (Å²) in [6, 6.07) is 14.9. The number of carbonyl (C=O) groups is 4. The molecule has 0 spiro atoms. The van der Waals surface area contributed by atoms with E-state index in [0.29, 0.717) is 5.69 Å². The lowest BCUT2D eigenvalue weighted by molar-refractivity contribution is -0.192. The maximum atomic E-state index is 12.8. The average molecular weight is 577 g/mol. The van der Waals surface area contributed by atoms with Crippen LogP contribution >= 0.6 is 0 Å². The van der Waals surface area contributed by atoms with Gasteiger partial charge < -0.3 is 30.6 Å². The summed E-state index contributed by atoms with van der Waals surface area (Å²) in [4.78, 5) is 52.7. The summed E-state index contributed by atoms with van der Waals surface area (Å²) in [5, 5.41) is 21.5. The molecular formula is C27H27F3N4O7. The van der Waals surface area contributed by atoms with Crippen LogP contribution in [0.3, 0.4) is 0 Å². The molecule has 2 amide bonds. The molecule has 0 bridgehead atoms. The number of carboxylic acids is 2. The SMILES string of the molecule is CC(C)(NC(=O)C(Cc1cnc[nH]1)NC(=O)OCC1c2ccccc2-c2ccccc21)C(=O)O.O=C(O)C(F)(F)F. The quantitative estimate of drug-likeness (QED) is 0.271. The second kappa shape index (κ2) is 12.5. The molecule has 218 valence electrons. The highest BCUT2D eigenvalue weighted by Gasteiger charge is 2.38. The van der Waals surface area contributed by atoms with Gasteiger partial charge in [0.05, 0.1) is 6.33 Å². The van der Waals surface area contributed by atoms with E-state index in [1.807, 2.05) is 48.5 Å². The van der Waals surface area contributed by atoms with E-state index in [9.17, 15) is 32.7 Å². The molecular weight excluding hydrogens is 549 g/mol. The summed E-state index contributed by atoms with van der Waals surface area (Å²) in [6.45, 7) is 2.83. The number of alkyl halides is 3. The molecule has 0 radical (unpaired) electrons. The molecule has 0 saturated carbocycles. The Kier molecular flexibility index (Phi) is 9.37. The number of fused-ring (bicyclic) bond motifs is 3. The monoisotopic (exact) mass is 576 g/mol. The third kappa shape index (κ3) is 7.84. The standard InChI is InChI=1S/C25H26N4O5.C2HF3O2/c1-25(2,23(31)32)29-22(30)21(11-15-12-26-14-27-15)28-24(33)34-13-20-18-9-5-3-7-16(18)17-8-4-6-10-19(17)20;3-2(4,5)1(6)7/h3-10,12,14,20-21H,11,13H2,1-2H3,(H,26,27)(H,28,33)(H,29,30)(H,31,32);(H,6,7). The van der Waals surface area contributed by atoms with Gasteiger partial charge in [-0.05, 0) is 36.1 Å². The Hall–Kier alpha value is -4.88. The zero-order chi connectivity index (χ0) is 30.4. The van der Waals surface area contributed by atoms with Crippen molar-refractivity contribution in [2.45, 2.75) is 43.9 Å². The highest BCUT2D eigenvalue weighted by Crippen LogP contribution is 2.44. The molecule has 14 heteroatoms. The highest BCUT2D eigenvalue weighted by molar-refractivity contribution is 5.91. The molecule has 1 unspecified atom stereocenters. The van der Waals surface area contributed by atoms with Gasteiger partial charge in [-0.25, -0.2) is 19.4 Å². The Labute approximate surface area is 231 Å². The number of alkyl carbamates (subject to hydrolysis) is 1. The van der Waals surface area contributed by atoms with Gasteiger partial charge in [-0.15, -0.1) is 0 Å². The molecule has 0 saturated heterocycles. The second-order valence-corrected chi connectivity index (χ2v) is 9.53. The van der Waals surface area contributed by atoms with Crippen molar-refractivity contribution in [2.24, 2.45) is 0 Å². The number of imidazole rings is 1. The van der Waals surface area contributed by atoms with Gasteiger partial charge in [-0.1, -0.05) is 48.5 Å². The van der Waals surface area contributed by atoms with Gasteiger partial charge in [-0.3, -0.25) is 4.79 Å². The van der Waals surface area contributed by atoms with Crippen molar-refractivity contribution in [3.8, 4) is 11.1 Å². The summed E-state index contributed by atoms with van der Waals surface area (Å²) in [5.41, 5.74) is 3.47. The number of carbonyl (C=O) groups excluding carboxylic acids is 2. The summed E-state index contributed by atoms with van der Waals surface area (Å²) in [5.74, 6) is -4.71. The number of benzene rings is 2. The Balaban J connectivity index is 0.000000587. The first-order valence-electron chi connectivity index (χ1n) is 12.1. The molecule has 0 fully saturated rings. The Morgan fingerprint density at radius 1 is 0.976 bits per heavy atom. The molecule has 1 heterocycles. The lowest BCUT2D eigenvalue weighted by Crippen LogP contribution is -2.57. The number of hydrogen-bond donors (Lipinski definition) is 5. The Bertz CT molecular complexity index is 1360. The molecule has 5 N–H and O–H groups in total. The maximum absolute atomic E-state index is 12.8. The van der Waals surface area contributed by atoms with Gasteiger partial charge in [-0.2, -0.15) is 13.2 Å².